The molecule has 0 aromatic heterocycles. The van der Waals surface area contributed by atoms with E-state index in [1.165, 1.54) is 16.7 Å². The molecule has 2 atom stereocenters. The predicted molar refractivity (Wildman–Crippen MR) is 104 cm³/mol. The van der Waals surface area contributed by atoms with Gasteiger partial charge in [0.2, 0.25) is 0 Å². The van der Waals surface area contributed by atoms with Crippen LogP contribution in [0.5, 0.6) is 11.5 Å². The van der Waals surface area contributed by atoms with Gasteiger partial charge in [-0.1, -0.05) is 30.3 Å². The van der Waals surface area contributed by atoms with Crippen LogP contribution in [-0.2, 0) is 6.54 Å². The molecule has 0 unspecified atom stereocenters. The van der Waals surface area contributed by atoms with E-state index in [9.17, 15) is 0 Å². The van der Waals surface area contributed by atoms with Crippen LogP contribution in [0.25, 0.3) is 0 Å². The smallest absolute Gasteiger partial charge is 0.161 e. The molecule has 1 saturated heterocycles. The highest BCUT2D eigenvalue weighted by Crippen LogP contribution is 2.32. The van der Waals surface area contributed by atoms with Crippen molar-refractivity contribution in [2.24, 2.45) is 5.73 Å². The van der Waals surface area contributed by atoms with Crippen molar-refractivity contribution in [1.82, 2.24) is 4.90 Å². The number of benzene rings is 2. The summed E-state index contributed by atoms with van der Waals surface area (Å²) in [6.45, 7) is 4.89. The van der Waals surface area contributed by atoms with Gasteiger partial charge in [-0.25, -0.2) is 0 Å². The Morgan fingerprint density at radius 2 is 1.68 bits per heavy atom. The SMILES string of the molecule is COc1cc(C)c(CN2C[C@@H](N)[C@H](c3ccccc3)C2)cc1OC.Cl. The first-order valence-electron chi connectivity index (χ1n) is 8.36. The maximum absolute atomic E-state index is 6.41. The van der Waals surface area contributed by atoms with Gasteiger partial charge in [0, 0.05) is 31.6 Å². The summed E-state index contributed by atoms with van der Waals surface area (Å²) in [5.41, 5.74) is 10.2. The Balaban J connectivity index is 0.00000225. The monoisotopic (exact) mass is 362 g/mol. The van der Waals surface area contributed by atoms with Crippen molar-refractivity contribution in [1.29, 1.82) is 0 Å². The zero-order valence-electron chi connectivity index (χ0n) is 15.1. The van der Waals surface area contributed by atoms with Crippen molar-refractivity contribution in [3.05, 3.63) is 59.2 Å². The Hall–Kier alpha value is -1.75. The first kappa shape index (κ1) is 19.6. The Kier molecular flexibility index (Phi) is 6.71. The molecule has 1 aliphatic heterocycles. The van der Waals surface area contributed by atoms with E-state index in [4.69, 9.17) is 15.2 Å². The average molecular weight is 363 g/mol. The summed E-state index contributed by atoms with van der Waals surface area (Å²) < 4.78 is 10.8. The van der Waals surface area contributed by atoms with Crippen LogP contribution in [0, 0.1) is 6.92 Å². The lowest BCUT2D eigenvalue weighted by Gasteiger charge is -2.19. The minimum absolute atomic E-state index is 0. The van der Waals surface area contributed by atoms with E-state index in [2.05, 4.69) is 48.2 Å². The fourth-order valence-corrected chi connectivity index (χ4v) is 3.53. The van der Waals surface area contributed by atoms with Crippen molar-refractivity contribution >= 4 is 12.4 Å². The third kappa shape index (κ3) is 4.27. The van der Waals surface area contributed by atoms with E-state index in [1.54, 1.807) is 14.2 Å². The summed E-state index contributed by atoms with van der Waals surface area (Å²) in [5.74, 6) is 1.95. The van der Waals surface area contributed by atoms with Crippen LogP contribution in [0.15, 0.2) is 42.5 Å². The number of halogens is 1. The van der Waals surface area contributed by atoms with E-state index in [-0.39, 0.29) is 18.4 Å². The molecular formula is C20H27ClN2O2. The number of rotatable bonds is 5. The zero-order chi connectivity index (χ0) is 17.1. The molecule has 0 aliphatic carbocycles. The van der Waals surface area contributed by atoms with Crippen molar-refractivity contribution < 1.29 is 9.47 Å². The first-order valence-corrected chi connectivity index (χ1v) is 8.36. The molecule has 3 rings (SSSR count). The zero-order valence-corrected chi connectivity index (χ0v) is 15.9. The van der Waals surface area contributed by atoms with E-state index in [0.717, 1.165) is 31.1 Å². The lowest BCUT2D eigenvalue weighted by atomic mass is 9.95. The molecule has 25 heavy (non-hydrogen) atoms. The quantitative estimate of drug-likeness (QED) is 0.886. The average Bonchev–Trinajstić information content (AvgIpc) is 2.97. The second-order valence-electron chi connectivity index (χ2n) is 6.51. The van der Waals surface area contributed by atoms with Gasteiger partial charge >= 0.3 is 0 Å². The molecule has 0 bridgehead atoms. The molecule has 2 aromatic rings. The molecule has 1 aliphatic rings. The highest BCUT2D eigenvalue weighted by atomic mass is 35.5. The van der Waals surface area contributed by atoms with E-state index in [0.29, 0.717) is 5.92 Å². The highest BCUT2D eigenvalue weighted by molar-refractivity contribution is 5.85. The normalized spacial score (nSPS) is 20.2. The van der Waals surface area contributed by atoms with Gasteiger partial charge in [0.05, 0.1) is 14.2 Å². The van der Waals surface area contributed by atoms with E-state index in [1.807, 2.05) is 6.07 Å². The molecule has 0 spiro atoms. The van der Waals surface area contributed by atoms with Gasteiger partial charge in [-0.2, -0.15) is 0 Å². The molecule has 0 amide bonds. The second kappa shape index (κ2) is 8.56. The standard InChI is InChI=1S/C20H26N2O2.ClH/c1-14-9-19(23-2)20(24-3)10-16(14)11-22-12-17(18(21)13-22)15-7-5-4-6-8-15;/h4-10,17-18H,11-13,21H2,1-3H3;1H/t17-,18+;/m0./s1. The Morgan fingerprint density at radius 3 is 2.32 bits per heavy atom. The topological polar surface area (TPSA) is 47.7 Å². The molecule has 1 fully saturated rings. The summed E-state index contributed by atoms with van der Waals surface area (Å²) in [4.78, 5) is 2.43. The fraction of sp³-hybridized carbons (Fsp3) is 0.400. The fourth-order valence-electron chi connectivity index (χ4n) is 3.53. The second-order valence-corrected chi connectivity index (χ2v) is 6.51. The van der Waals surface area contributed by atoms with Crippen molar-refractivity contribution in [2.45, 2.75) is 25.4 Å². The number of nitrogens with zero attached hydrogens (tertiary/aromatic N) is 1. The number of hydrogen-bond acceptors (Lipinski definition) is 4. The summed E-state index contributed by atoms with van der Waals surface area (Å²) in [6, 6.07) is 14.9. The van der Waals surface area contributed by atoms with Crippen molar-refractivity contribution in [3.8, 4) is 11.5 Å². The first-order chi connectivity index (χ1) is 11.6. The number of aryl methyl sites for hydroxylation is 1. The van der Waals surface area contributed by atoms with Crippen molar-refractivity contribution in [3.63, 3.8) is 0 Å². The number of hydrogen-bond donors (Lipinski definition) is 1. The third-order valence-electron chi connectivity index (χ3n) is 4.90. The van der Waals surface area contributed by atoms with Crippen LogP contribution in [-0.4, -0.2) is 38.3 Å². The summed E-state index contributed by atoms with van der Waals surface area (Å²) >= 11 is 0. The summed E-state index contributed by atoms with van der Waals surface area (Å²) in [6.07, 6.45) is 0. The third-order valence-corrected chi connectivity index (χ3v) is 4.90. The Morgan fingerprint density at radius 1 is 1.04 bits per heavy atom. The maximum Gasteiger partial charge on any atom is 0.161 e. The highest BCUT2D eigenvalue weighted by Gasteiger charge is 2.31. The van der Waals surface area contributed by atoms with Crippen LogP contribution >= 0.6 is 12.4 Å². The summed E-state index contributed by atoms with van der Waals surface area (Å²) in [7, 11) is 3.34. The molecule has 2 aromatic carbocycles. The van der Waals surface area contributed by atoms with Gasteiger partial charge in [0.1, 0.15) is 0 Å². The molecule has 5 heteroatoms. The van der Waals surface area contributed by atoms with Crippen LogP contribution in [0.4, 0.5) is 0 Å². The van der Waals surface area contributed by atoms with E-state index < -0.39 is 0 Å². The van der Waals surface area contributed by atoms with Crippen LogP contribution in [0.3, 0.4) is 0 Å². The van der Waals surface area contributed by atoms with Crippen LogP contribution in [0.1, 0.15) is 22.6 Å². The lowest BCUT2D eigenvalue weighted by molar-refractivity contribution is 0.320. The van der Waals surface area contributed by atoms with Crippen LogP contribution < -0.4 is 15.2 Å². The van der Waals surface area contributed by atoms with Crippen molar-refractivity contribution in [2.75, 3.05) is 27.3 Å². The van der Waals surface area contributed by atoms with Gasteiger partial charge < -0.3 is 15.2 Å². The number of methoxy groups -OCH3 is 2. The molecule has 136 valence electrons. The van der Waals surface area contributed by atoms with E-state index >= 15 is 0 Å². The molecule has 4 nitrogen and oxygen atoms in total. The Labute approximate surface area is 156 Å². The Bertz CT molecular complexity index is 694. The minimum atomic E-state index is 0. The largest absolute Gasteiger partial charge is 0.493 e. The van der Waals surface area contributed by atoms with Gasteiger partial charge in [0.25, 0.3) is 0 Å². The number of likely N-dealkylation sites (tertiary alicyclic amines) is 1. The molecule has 1 heterocycles. The van der Waals surface area contributed by atoms with Crippen LogP contribution in [0.2, 0.25) is 0 Å². The van der Waals surface area contributed by atoms with Gasteiger partial charge in [-0.15, -0.1) is 12.4 Å². The molecule has 2 N–H and O–H groups in total. The van der Waals surface area contributed by atoms with Gasteiger partial charge in [0.15, 0.2) is 11.5 Å². The van der Waals surface area contributed by atoms with Gasteiger partial charge in [-0.05, 0) is 35.7 Å². The molecule has 0 radical (unpaired) electrons. The predicted octanol–water partition coefficient (Wildman–Crippen LogP) is 3.36. The number of nitrogens with two attached hydrogens (primary N) is 1. The molecular weight excluding hydrogens is 336 g/mol. The summed E-state index contributed by atoms with van der Waals surface area (Å²) in [5, 5.41) is 0. The number of ether oxygens (including phenoxy) is 2. The minimum Gasteiger partial charge on any atom is -0.493 e. The maximum atomic E-state index is 6.41. The van der Waals surface area contributed by atoms with Gasteiger partial charge in [-0.3, -0.25) is 4.90 Å². The lowest BCUT2D eigenvalue weighted by Crippen LogP contribution is -2.28. The molecule has 0 saturated carbocycles.